The largest absolute Gasteiger partial charge is 0.444 e. The van der Waals surface area contributed by atoms with Crippen LogP contribution in [0.3, 0.4) is 0 Å². The van der Waals surface area contributed by atoms with Crippen molar-refractivity contribution in [3.8, 4) is 0 Å². The number of likely N-dealkylation sites (tertiary alicyclic amines) is 1. The number of ether oxygens (including phenoxy) is 1. The SMILES string of the molecule is CC1CCCCC1NCC1CCCCN1C(=O)OC(C)(C)C. The van der Waals surface area contributed by atoms with Gasteiger partial charge in [0.25, 0.3) is 0 Å². The molecule has 1 aliphatic heterocycles. The Bertz CT molecular complexity index is 365. The van der Waals surface area contributed by atoms with Crippen molar-refractivity contribution in [2.75, 3.05) is 13.1 Å². The third-order valence-corrected chi connectivity index (χ3v) is 4.98. The Hall–Kier alpha value is -0.770. The van der Waals surface area contributed by atoms with Gasteiger partial charge in [0.1, 0.15) is 5.60 Å². The maximum absolute atomic E-state index is 12.4. The third-order valence-electron chi connectivity index (χ3n) is 4.98. The van der Waals surface area contributed by atoms with Crippen LogP contribution in [0.2, 0.25) is 0 Å². The highest BCUT2D eigenvalue weighted by atomic mass is 16.6. The molecule has 2 fully saturated rings. The average Bonchev–Trinajstić information content (AvgIpc) is 2.45. The van der Waals surface area contributed by atoms with Crippen molar-refractivity contribution in [1.82, 2.24) is 10.2 Å². The lowest BCUT2D eigenvalue weighted by Gasteiger charge is -2.38. The summed E-state index contributed by atoms with van der Waals surface area (Å²) in [6, 6.07) is 0.911. The van der Waals surface area contributed by atoms with Crippen molar-refractivity contribution < 1.29 is 9.53 Å². The van der Waals surface area contributed by atoms with Crippen LogP contribution in [0.1, 0.15) is 72.6 Å². The summed E-state index contributed by atoms with van der Waals surface area (Å²) in [6.07, 6.45) is 8.57. The lowest BCUT2D eigenvalue weighted by molar-refractivity contribution is 0.00930. The summed E-state index contributed by atoms with van der Waals surface area (Å²) in [4.78, 5) is 14.4. The second-order valence-corrected chi connectivity index (χ2v) is 8.10. The van der Waals surface area contributed by atoms with Crippen molar-refractivity contribution in [2.45, 2.75) is 90.3 Å². The van der Waals surface area contributed by atoms with Gasteiger partial charge in [0.2, 0.25) is 0 Å². The maximum atomic E-state index is 12.4. The van der Waals surface area contributed by atoms with E-state index in [-0.39, 0.29) is 12.1 Å². The average molecular weight is 310 g/mol. The Labute approximate surface area is 136 Å². The number of hydrogen-bond acceptors (Lipinski definition) is 3. The topological polar surface area (TPSA) is 41.6 Å². The van der Waals surface area contributed by atoms with Crippen LogP contribution in [0.5, 0.6) is 0 Å². The predicted octanol–water partition coefficient (Wildman–Crippen LogP) is 3.94. The first-order valence-corrected chi connectivity index (χ1v) is 9.10. The van der Waals surface area contributed by atoms with E-state index in [2.05, 4.69) is 12.2 Å². The Balaban J connectivity index is 1.87. The van der Waals surface area contributed by atoms with Gasteiger partial charge in [-0.1, -0.05) is 19.8 Å². The van der Waals surface area contributed by atoms with Gasteiger partial charge in [0.15, 0.2) is 0 Å². The van der Waals surface area contributed by atoms with E-state index in [9.17, 15) is 4.79 Å². The molecule has 0 spiro atoms. The lowest BCUT2D eigenvalue weighted by Crippen LogP contribution is -2.52. The van der Waals surface area contributed by atoms with Crippen LogP contribution in [-0.4, -0.2) is 41.8 Å². The molecule has 0 aromatic carbocycles. The molecule has 3 unspecified atom stereocenters. The molecule has 1 heterocycles. The van der Waals surface area contributed by atoms with Gasteiger partial charge < -0.3 is 15.0 Å². The minimum Gasteiger partial charge on any atom is -0.444 e. The normalized spacial score (nSPS) is 30.2. The second-order valence-electron chi connectivity index (χ2n) is 8.10. The standard InChI is InChI=1S/C18H34N2O2/c1-14-9-5-6-11-16(14)19-13-15-10-7-8-12-20(15)17(21)22-18(2,3)4/h14-16,19H,5-13H2,1-4H3. The molecule has 22 heavy (non-hydrogen) atoms. The highest BCUT2D eigenvalue weighted by molar-refractivity contribution is 5.68. The monoisotopic (exact) mass is 310 g/mol. The fourth-order valence-corrected chi connectivity index (χ4v) is 3.68. The van der Waals surface area contributed by atoms with E-state index in [0.717, 1.165) is 31.8 Å². The van der Waals surface area contributed by atoms with Crippen LogP contribution in [0.4, 0.5) is 4.79 Å². The number of nitrogens with one attached hydrogen (secondary N) is 1. The zero-order chi connectivity index (χ0) is 16.2. The Morgan fingerprint density at radius 2 is 1.82 bits per heavy atom. The summed E-state index contributed by atoms with van der Waals surface area (Å²) in [5.74, 6) is 0.757. The van der Waals surface area contributed by atoms with Crippen molar-refractivity contribution in [1.29, 1.82) is 0 Å². The van der Waals surface area contributed by atoms with Gasteiger partial charge in [0, 0.05) is 25.2 Å². The number of carbonyl (C=O) groups excluding carboxylic acids is 1. The fraction of sp³-hybridized carbons (Fsp3) is 0.944. The first-order chi connectivity index (χ1) is 10.4. The minimum atomic E-state index is -0.412. The maximum Gasteiger partial charge on any atom is 0.410 e. The van der Waals surface area contributed by atoms with Gasteiger partial charge in [0.05, 0.1) is 0 Å². The first-order valence-electron chi connectivity index (χ1n) is 9.10. The fourth-order valence-electron chi connectivity index (χ4n) is 3.68. The quantitative estimate of drug-likeness (QED) is 0.858. The number of amides is 1. The molecule has 4 heteroatoms. The summed E-state index contributed by atoms with van der Waals surface area (Å²) >= 11 is 0. The summed E-state index contributed by atoms with van der Waals surface area (Å²) in [5.41, 5.74) is -0.412. The number of rotatable bonds is 3. The molecule has 4 nitrogen and oxygen atoms in total. The van der Waals surface area contributed by atoms with Gasteiger partial charge in [-0.3, -0.25) is 0 Å². The molecule has 0 aromatic rings. The van der Waals surface area contributed by atoms with Crippen LogP contribution >= 0.6 is 0 Å². The molecule has 1 N–H and O–H groups in total. The molecular formula is C18H34N2O2. The second kappa shape index (κ2) is 7.67. The number of piperidine rings is 1. The van der Waals surface area contributed by atoms with E-state index in [1.54, 1.807) is 0 Å². The van der Waals surface area contributed by atoms with Crippen LogP contribution in [0.25, 0.3) is 0 Å². The van der Waals surface area contributed by atoms with Gasteiger partial charge in [-0.15, -0.1) is 0 Å². The molecule has 1 aliphatic carbocycles. The van der Waals surface area contributed by atoms with E-state index < -0.39 is 5.60 Å². The molecule has 1 saturated carbocycles. The van der Waals surface area contributed by atoms with Crippen LogP contribution in [0.15, 0.2) is 0 Å². The summed E-state index contributed by atoms with van der Waals surface area (Å²) < 4.78 is 5.58. The Kier molecular flexibility index (Phi) is 6.13. The van der Waals surface area contributed by atoms with Crippen LogP contribution < -0.4 is 5.32 Å². The molecular weight excluding hydrogens is 276 g/mol. The zero-order valence-corrected chi connectivity index (χ0v) is 14.9. The molecule has 3 atom stereocenters. The third kappa shape index (κ3) is 5.15. The van der Waals surface area contributed by atoms with E-state index in [1.807, 2.05) is 25.7 Å². The van der Waals surface area contributed by atoms with Gasteiger partial charge in [-0.2, -0.15) is 0 Å². The van der Waals surface area contributed by atoms with E-state index in [1.165, 1.54) is 32.1 Å². The van der Waals surface area contributed by atoms with Crippen molar-refractivity contribution >= 4 is 6.09 Å². The minimum absolute atomic E-state index is 0.143. The molecule has 0 bridgehead atoms. The highest BCUT2D eigenvalue weighted by Gasteiger charge is 2.31. The van der Waals surface area contributed by atoms with E-state index in [4.69, 9.17) is 4.74 Å². The molecule has 1 saturated heterocycles. The Morgan fingerprint density at radius 1 is 1.14 bits per heavy atom. The van der Waals surface area contributed by atoms with Gasteiger partial charge in [-0.05, 0) is 58.8 Å². The zero-order valence-electron chi connectivity index (χ0n) is 14.9. The van der Waals surface area contributed by atoms with Crippen LogP contribution in [-0.2, 0) is 4.74 Å². The Morgan fingerprint density at radius 3 is 2.50 bits per heavy atom. The van der Waals surface area contributed by atoms with E-state index in [0.29, 0.717) is 6.04 Å². The van der Waals surface area contributed by atoms with Gasteiger partial charge in [-0.25, -0.2) is 4.79 Å². The molecule has 2 aliphatic rings. The molecule has 2 rings (SSSR count). The summed E-state index contributed by atoms with van der Waals surface area (Å²) in [6.45, 7) is 9.91. The van der Waals surface area contributed by atoms with Gasteiger partial charge >= 0.3 is 6.09 Å². The van der Waals surface area contributed by atoms with Crippen LogP contribution in [0, 0.1) is 5.92 Å². The summed E-state index contributed by atoms with van der Waals surface area (Å²) in [5, 5.41) is 3.74. The number of nitrogens with zero attached hydrogens (tertiary/aromatic N) is 1. The molecule has 128 valence electrons. The summed E-state index contributed by atoms with van der Waals surface area (Å²) in [7, 11) is 0. The van der Waals surface area contributed by atoms with Crippen molar-refractivity contribution in [3.05, 3.63) is 0 Å². The first kappa shape index (κ1) is 17.6. The smallest absolute Gasteiger partial charge is 0.410 e. The highest BCUT2D eigenvalue weighted by Crippen LogP contribution is 2.25. The molecule has 1 amide bonds. The molecule has 0 radical (unpaired) electrons. The molecule has 0 aromatic heterocycles. The lowest BCUT2D eigenvalue weighted by atomic mass is 9.85. The number of hydrogen-bond donors (Lipinski definition) is 1. The predicted molar refractivity (Wildman–Crippen MR) is 90.0 cm³/mol. The van der Waals surface area contributed by atoms with Crippen molar-refractivity contribution in [2.24, 2.45) is 5.92 Å². The van der Waals surface area contributed by atoms with Crippen molar-refractivity contribution in [3.63, 3.8) is 0 Å². The number of carbonyl (C=O) groups is 1. The van der Waals surface area contributed by atoms with E-state index >= 15 is 0 Å².